The van der Waals surface area contributed by atoms with Gasteiger partial charge in [-0.3, -0.25) is 9.36 Å². The number of nitrogens with one attached hydrogen (secondary N) is 1. The minimum Gasteiger partial charge on any atom is -0.463 e. The molecule has 1 aromatic heterocycles. The molecule has 0 amide bonds. The molecule has 4 atom stereocenters. The first-order chi connectivity index (χ1) is 19.4. The summed E-state index contributed by atoms with van der Waals surface area (Å²) in [5.74, 6) is -0.152. The van der Waals surface area contributed by atoms with E-state index >= 15 is 0 Å². The van der Waals surface area contributed by atoms with Crippen LogP contribution < -0.4 is 11.0 Å². The largest absolute Gasteiger partial charge is 0.463 e. The summed E-state index contributed by atoms with van der Waals surface area (Å²) < 4.78 is 11.9. The van der Waals surface area contributed by atoms with Crippen LogP contribution in [0.1, 0.15) is 36.3 Å². The Bertz CT molecular complexity index is 1380. The van der Waals surface area contributed by atoms with Gasteiger partial charge in [0, 0.05) is 12.6 Å². The second kappa shape index (κ2) is 11.8. The van der Waals surface area contributed by atoms with Crippen molar-refractivity contribution in [1.82, 2.24) is 9.55 Å². The van der Waals surface area contributed by atoms with Crippen molar-refractivity contribution in [3.8, 4) is 0 Å². The average Bonchev–Trinajstić information content (AvgIpc) is 3.28. The lowest BCUT2D eigenvalue weighted by Gasteiger charge is -2.37. The maximum atomic E-state index is 13.2. The van der Waals surface area contributed by atoms with Gasteiger partial charge >= 0.3 is 11.7 Å². The van der Waals surface area contributed by atoms with Gasteiger partial charge in [-0.1, -0.05) is 97.9 Å². The second-order valence-electron chi connectivity index (χ2n) is 9.56. The van der Waals surface area contributed by atoms with Crippen LogP contribution in [0.25, 0.3) is 0 Å². The lowest BCUT2D eigenvalue weighted by molar-refractivity contribution is -0.149. The van der Waals surface area contributed by atoms with Crippen LogP contribution >= 0.6 is 0 Å². The van der Waals surface area contributed by atoms with E-state index in [0.717, 1.165) is 21.3 Å². The first-order valence-corrected chi connectivity index (χ1v) is 13.1. The predicted molar refractivity (Wildman–Crippen MR) is 149 cm³/mol. The normalized spacial score (nSPS) is 20.7. The number of aromatic nitrogens is 2. The Morgan fingerprint density at radius 1 is 0.900 bits per heavy atom. The van der Waals surface area contributed by atoms with Crippen molar-refractivity contribution in [3.63, 3.8) is 0 Å². The quantitative estimate of drug-likeness (QED) is 0.218. The van der Waals surface area contributed by atoms with Crippen molar-refractivity contribution in [3.05, 3.63) is 130 Å². The molecular weight excluding hydrogens is 510 g/mol. The number of rotatable bonds is 9. The van der Waals surface area contributed by atoms with Crippen LogP contribution in [-0.4, -0.2) is 50.7 Å². The summed E-state index contributed by atoms with van der Waals surface area (Å²) in [7, 11) is 0. The third kappa shape index (κ3) is 5.27. The van der Waals surface area contributed by atoms with E-state index in [2.05, 4.69) is 10.3 Å². The molecule has 1 aliphatic rings. The number of benzene rings is 3. The molecule has 4 aromatic rings. The maximum Gasteiger partial charge on any atom is 0.351 e. The average molecular weight is 542 g/mol. The summed E-state index contributed by atoms with van der Waals surface area (Å²) in [6.45, 7) is 1.41. The molecule has 0 unspecified atom stereocenters. The Morgan fingerprint density at radius 2 is 1.43 bits per heavy atom. The van der Waals surface area contributed by atoms with Gasteiger partial charge in [-0.2, -0.15) is 4.98 Å². The molecule has 5 rings (SSSR count). The monoisotopic (exact) mass is 541 g/mol. The molecule has 3 N–H and O–H groups in total. The van der Waals surface area contributed by atoms with E-state index in [1.54, 1.807) is 13.0 Å². The van der Waals surface area contributed by atoms with E-state index in [-0.39, 0.29) is 13.0 Å². The van der Waals surface area contributed by atoms with Crippen LogP contribution in [0.3, 0.4) is 0 Å². The zero-order chi connectivity index (χ0) is 28.1. The van der Waals surface area contributed by atoms with Crippen molar-refractivity contribution in [2.45, 2.75) is 43.4 Å². The number of ether oxygens (including phenoxy) is 2. The lowest BCUT2D eigenvalue weighted by atomic mass is 9.77. The summed E-state index contributed by atoms with van der Waals surface area (Å²) in [6, 6.07) is 31.3. The fraction of sp³-hybridized carbons (Fsp3) is 0.258. The van der Waals surface area contributed by atoms with Gasteiger partial charge in [0.15, 0.2) is 6.23 Å². The van der Waals surface area contributed by atoms with Crippen LogP contribution in [0.5, 0.6) is 0 Å². The highest BCUT2D eigenvalue weighted by molar-refractivity contribution is 5.68. The Balaban J connectivity index is 1.51. The number of anilines is 1. The molecule has 0 bridgehead atoms. The van der Waals surface area contributed by atoms with Gasteiger partial charge in [0.05, 0.1) is 0 Å². The maximum absolute atomic E-state index is 13.2. The zero-order valence-electron chi connectivity index (χ0n) is 22.0. The predicted octanol–water partition coefficient (Wildman–Crippen LogP) is 3.22. The topological polar surface area (TPSA) is 123 Å². The molecule has 40 heavy (non-hydrogen) atoms. The van der Waals surface area contributed by atoms with Gasteiger partial charge < -0.3 is 25.0 Å². The summed E-state index contributed by atoms with van der Waals surface area (Å²) in [4.78, 5) is 29.1. The summed E-state index contributed by atoms with van der Waals surface area (Å²) in [5.41, 5.74) is 1.26. The fourth-order valence-corrected chi connectivity index (χ4v) is 5.02. The number of nitrogens with zero attached hydrogens (tertiary/aromatic N) is 2. The third-order valence-electron chi connectivity index (χ3n) is 7.07. The van der Waals surface area contributed by atoms with Gasteiger partial charge in [-0.05, 0) is 22.8 Å². The van der Waals surface area contributed by atoms with Gasteiger partial charge in [0.1, 0.15) is 36.3 Å². The van der Waals surface area contributed by atoms with Crippen molar-refractivity contribution < 1.29 is 24.5 Å². The molecule has 206 valence electrons. The number of carbonyl (C=O) groups excluding carboxylic acids is 1. The molecule has 9 nitrogen and oxygen atoms in total. The smallest absolute Gasteiger partial charge is 0.351 e. The van der Waals surface area contributed by atoms with Crippen LogP contribution in [0.4, 0.5) is 5.82 Å². The van der Waals surface area contributed by atoms with E-state index in [1.807, 2.05) is 91.0 Å². The van der Waals surface area contributed by atoms with Crippen LogP contribution in [-0.2, 0) is 19.8 Å². The summed E-state index contributed by atoms with van der Waals surface area (Å²) in [6.07, 6.45) is -3.31. The highest BCUT2D eigenvalue weighted by Gasteiger charge is 2.45. The third-order valence-corrected chi connectivity index (χ3v) is 7.07. The highest BCUT2D eigenvalue weighted by Crippen LogP contribution is 2.39. The van der Waals surface area contributed by atoms with E-state index in [4.69, 9.17) is 9.47 Å². The number of esters is 1. The van der Waals surface area contributed by atoms with Gasteiger partial charge in [-0.25, -0.2) is 4.79 Å². The molecule has 1 aliphatic heterocycles. The molecule has 0 saturated carbocycles. The van der Waals surface area contributed by atoms with Crippen LogP contribution in [0.2, 0.25) is 0 Å². The van der Waals surface area contributed by atoms with E-state index < -0.39 is 41.7 Å². The summed E-state index contributed by atoms with van der Waals surface area (Å²) in [5, 5.41) is 24.6. The highest BCUT2D eigenvalue weighted by atomic mass is 16.6. The molecule has 1 saturated heterocycles. The first-order valence-electron chi connectivity index (χ1n) is 13.1. The summed E-state index contributed by atoms with van der Waals surface area (Å²) >= 11 is 0. The van der Waals surface area contributed by atoms with Crippen LogP contribution in [0, 0.1) is 0 Å². The van der Waals surface area contributed by atoms with Crippen LogP contribution in [0.15, 0.2) is 108 Å². The minimum atomic E-state index is -1.42. The van der Waals surface area contributed by atoms with Gasteiger partial charge in [0.25, 0.3) is 0 Å². The number of aliphatic hydroxyl groups excluding tert-OH is 2. The van der Waals surface area contributed by atoms with E-state index in [9.17, 15) is 19.8 Å². The molecule has 0 spiro atoms. The molecule has 0 radical (unpaired) electrons. The standard InChI is InChI=1S/C31H31N3O6/c1-2-26(35)39-20-24-27(36)28(37)29(40-24)34-19-18-25(32-30(34)38)33-31(21-12-6-3-7-13-21,22-14-8-4-9-15-22)23-16-10-5-11-17-23/h3-19,24,27-29,36-37H,2,20H2,1H3,(H,32,33,38)/t24-,27-,28-,29-/m1/s1. The SMILES string of the molecule is CCC(=O)OC[C@H]1O[C@@H](n2ccc(NC(c3ccccc3)(c3ccccc3)c3ccccc3)nc2=O)[C@H](O)[C@@H]1O. The molecule has 0 aliphatic carbocycles. The van der Waals surface area contributed by atoms with Crippen molar-refractivity contribution in [2.24, 2.45) is 0 Å². The molecule has 2 heterocycles. The lowest BCUT2D eigenvalue weighted by Crippen LogP contribution is -2.40. The number of aliphatic hydroxyl groups is 2. The van der Waals surface area contributed by atoms with Crippen molar-refractivity contribution in [2.75, 3.05) is 11.9 Å². The number of hydrogen-bond acceptors (Lipinski definition) is 8. The van der Waals surface area contributed by atoms with Crippen molar-refractivity contribution in [1.29, 1.82) is 0 Å². The Labute approximate surface area is 231 Å². The Kier molecular flexibility index (Phi) is 8.06. The molecule has 9 heteroatoms. The Morgan fingerprint density at radius 3 is 1.90 bits per heavy atom. The zero-order valence-corrected chi connectivity index (χ0v) is 22.0. The number of hydrogen-bond donors (Lipinski definition) is 3. The second-order valence-corrected chi connectivity index (χ2v) is 9.56. The minimum absolute atomic E-state index is 0.170. The van der Waals surface area contributed by atoms with E-state index in [1.165, 1.54) is 6.20 Å². The molecule has 1 fully saturated rings. The van der Waals surface area contributed by atoms with Crippen molar-refractivity contribution >= 4 is 11.8 Å². The van der Waals surface area contributed by atoms with Gasteiger partial charge in [0.2, 0.25) is 0 Å². The van der Waals surface area contributed by atoms with E-state index in [0.29, 0.717) is 5.82 Å². The first kappa shape index (κ1) is 27.3. The fourth-order valence-electron chi connectivity index (χ4n) is 5.02. The Hall–Kier alpha value is -4.31. The number of carbonyl (C=O) groups is 1. The molecular formula is C31H31N3O6. The van der Waals surface area contributed by atoms with Gasteiger partial charge in [-0.15, -0.1) is 0 Å². The molecule has 3 aromatic carbocycles.